The molecule has 0 radical (unpaired) electrons. The van der Waals surface area contributed by atoms with Crippen LogP contribution in [0, 0.1) is 5.82 Å². The molecule has 0 saturated carbocycles. The zero-order chi connectivity index (χ0) is 20.5. The molecule has 0 bridgehead atoms. The first-order valence-corrected chi connectivity index (χ1v) is 10.7. The highest BCUT2D eigenvalue weighted by Crippen LogP contribution is 2.26. The molecule has 1 aromatic heterocycles. The number of unbranched alkanes of at least 4 members (excludes halogenated alkanes) is 3. The van der Waals surface area contributed by atoms with Gasteiger partial charge in [-0.25, -0.2) is 4.39 Å². The SMILES string of the molecule is CCCCCCc1ccc(-c2ccc(-c3ccc(OCCC)cc3)cn2)c(F)c1. The second kappa shape index (κ2) is 10.8. The minimum absolute atomic E-state index is 0.198. The lowest BCUT2D eigenvalue weighted by atomic mass is 10.0. The van der Waals surface area contributed by atoms with Gasteiger partial charge in [-0.2, -0.15) is 0 Å². The molecular formula is C26H30FNO. The quantitative estimate of drug-likeness (QED) is 0.334. The van der Waals surface area contributed by atoms with Crippen molar-refractivity contribution in [1.29, 1.82) is 0 Å². The molecule has 2 aromatic carbocycles. The van der Waals surface area contributed by atoms with Crippen LogP contribution in [0.1, 0.15) is 51.5 Å². The predicted molar refractivity (Wildman–Crippen MR) is 119 cm³/mol. The number of pyridine rings is 1. The zero-order valence-electron chi connectivity index (χ0n) is 17.5. The third kappa shape index (κ3) is 5.90. The Morgan fingerprint density at radius 3 is 2.28 bits per heavy atom. The molecule has 2 nitrogen and oxygen atoms in total. The maximum Gasteiger partial charge on any atom is 0.132 e. The number of halogens is 1. The van der Waals surface area contributed by atoms with Crippen LogP contribution >= 0.6 is 0 Å². The van der Waals surface area contributed by atoms with Crippen molar-refractivity contribution in [2.24, 2.45) is 0 Å². The van der Waals surface area contributed by atoms with E-state index in [1.807, 2.05) is 48.5 Å². The van der Waals surface area contributed by atoms with Gasteiger partial charge in [0.25, 0.3) is 0 Å². The average Bonchev–Trinajstić information content (AvgIpc) is 2.76. The first kappa shape index (κ1) is 21.0. The van der Waals surface area contributed by atoms with Gasteiger partial charge >= 0.3 is 0 Å². The first-order valence-electron chi connectivity index (χ1n) is 10.7. The largest absolute Gasteiger partial charge is 0.494 e. The molecule has 0 amide bonds. The van der Waals surface area contributed by atoms with Crippen LogP contribution in [-0.4, -0.2) is 11.6 Å². The van der Waals surface area contributed by atoms with Crippen LogP contribution in [0.5, 0.6) is 5.75 Å². The van der Waals surface area contributed by atoms with E-state index in [9.17, 15) is 4.39 Å². The second-order valence-corrected chi connectivity index (χ2v) is 7.43. The molecular weight excluding hydrogens is 361 g/mol. The van der Waals surface area contributed by atoms with Gasteiger partial charge in [0.1, 0.15) is 11.6 Å². The molecule has 0 fully saturated rings. The highest BCUT2D eigenvalue weighted by Gasteiger charge is 2.08. The van der Waals surface area contributed by atoms with E-state index in [0.717, 1.165) is 48.3 Å². The van der Waals surface area contributed by atoms with Crippen LogP contribution in [0.3, 0.4) is 0 Å². The van der Waals surface area contributed by atoms with Gasteiger partial charge in [-0.1, -0.05) is 57.4 Å². The van der Waals surface area contributed by atoms with Crippen LogP contribution in [-0.2, 0) is 6.42 Å². The molecule has 0 N–H and O–H groups in total. The highest BCUT2D eigenvalue weighted by molar-refractivity contribution is 5.67. The predicted octanol–water partition coefficient (Wildman–Crippen LogP) is 7.47. The van der Waals surface area contributed by atoms with Crippen molar-refractivity contribution in [2.75, 3.05) is 6.61 Å². The van der Waals surface area contributed by atoms with Crippen molar-refractivity contribution in [2.45, 2.75) is 52.4 Å². The van der Waals surface area contributed by atoms with E-state index in [0.29, 0.717) is 11.3 Å². The molecule has 0 atom stereocenters. The van der Waals surface area contributed by atoms with E-state index in [1.54, 1.807) is 12.3 Å². The third-order valence-corrected chi connectivity index (χ3v) is 5.05. The summed E-state index contributed by atoms with van der Waals surface area (Å²) in [4.78, 5) is 4.50. The van der Waals surface area contributed by atoms with Gasteiger partial charge in [-0.15, -0.1) is 0 Å². The summed E-state index contributed by atoms with van der Waals surface area (Å²) in [5.41, 5.74) is 4.34. The summed E-state index contributed by atoms with van der Waals surface area (Å²) in [6.07, 6.45) is 8.49. The summed E-state index contributed by atoms with van der Waals surface area (Å²) >= 11 is 0. The van der Waals surface area contributed by atoms with Crippen LogP contribution in [0.25, 0.3) is 22.4 Å². The van der Waals surface area contributed by atoms with Gasteiger partial charge in [0.05, 0.1) is 12.3 Å². The van der Waals surface area contributed by atoms with E-state index in [-0.39, 0.29) is 5.82 Å². The van der Waals surface area contributed by atoms with Crippen LogP contribution in [0.4, 0.5) is 4.39 Å². The molecule has 0 unspecified atom stereocenters. The normalized spacial score (nSPS) is 10.9. The fourth-order valence-electron chi connectivity index (χ4n) is 3.37. The summed E-state index contributed by atoms with van der Waals surface area (Å²) in [5.74, 6) is 0.674. The molecule has 0 aliphatic heterocycles. The van der Waals surface area contributed by atoms with Gasteiger partial charge in [-0.3, -0.25) is 4.98 Å². The third-order valence-electron chi connectivity index (χ3n) is 5.05. The molecule has 0 aliphatic carbocycles. The van der Waals surface area contributed by atoms with Crippen molar-refractivity contribution >= 4 is 0 Å². The van der Waals surface area contributed by atoms with Crippen molar-refractivity contribution in [1.82, 2.24) is 4.98 Å². The van der Waals surface area contributed by atoms with E-state index < -0.39 is 0 Å². The lowest BCUT2D eigenvalue weighted by Crippen LogP contribution is -1.94. The second-order valence-electron chi connectivity index (χ2n) is 7.43. The van der Waals surface area contributed by atoms with E-state index >= 15 is 0 Å². The smallest absolute Gasteiger partial charge is 0.132 e. The Hall–Kier alpha value is -2.68. The minimum atomic E-state index is -0.198. The van der Waals surface area contributed by atoms with E-state index in [4.69, 9.17) is 4.74 Å². The van der Waals surface area contributed by atoms with Gasteiger partial charge in [0.15, 0.2) is 0 Å². The fourth-order valence-corrected chi connectivity index (χ4v) is 3.37. The number of rotatable bonds is 10. The van der Waals surface area contributed by atoms with Crippen molar-refractivity contribution < 1.29 is 9.13 Å². The highest BCUT2D eigenvalue weighted by atomic mass is 19.1. The Labute approximate surface area is 173 Å². The molecule has 3 aromatic rings. The summed E-state index contributed by atoms with van der Waals surface area (Å²) in [5, 5.41) is 0. The number of aromatic nitrogens is 1. The van der Waals surface area contributed by atoms with E-state index in [2.05, 4.69) is 18.8 Å². The lowest BCUT2D eigenvalue weighted by Gasteiger charge is -2.08. The summed E-state index contributed by atoms with van der Waals surface area (Å²) in [6, 6.07) is 17.4. The monoisotopic (exact) mass is 391 g/mol. The summed E-state index contributed by atoms with van der Waals surface area (Å²) in [7, 11) is 0. The van der Waals surface area contributed by atoms with E-state index in [1.165, 1.54) is 19.3 Å². The Morgan fingerprint density at radius 2 is 1.62 bits per heavy atom. The number of aryl methyl sites for hydroxylation is 1. The molecule has 3 heteroatoms. The van der Waals surface area contributed by atoms with Gasteiger partial charge in [0.2, 0.25) is 0 Å². The molecule has 3 rings (SSSR count). The number of hydrogen-bond acceptors (Lipinski definition) is 2. The Bertz CT molecular complexity index is 888. The molecule has 0 spiro atoms. The summed E-state index contributed by atoms with van der Waals surface area (Å²) < 4.78 is 20.3. The Kier molecular flexibility index (Phi) is 7.80. The molecule has 152 valence electrons. The van der Waals surface area contributed by atoms with Crippen LogP contribution in [0.15, 0.2) is 60.8 Å². The summed E-state index contributed by atoms with van der Waals surface area (Å²) in [6.45, 7) is 5.01. The fraction of sp³-hybridized carbons (Fsp3) is 0.346. The maximum absolute atomic E-state index is 14.6. The number of nitrogens with zero attached hydrogens (tertiary/aromatic N) is 1. The van der Waals surface area contributed by atoms with Gasteiger partial charge in [-0.05, 0) is 60.7 Å². The topological polar surface area (TPSA) is 22.1 Å². The van der Waals surface area contributed by atoms with Gasteiger partial charge in [0, 0.05) is 17.3 Å². The minimum Gasteiger partial charge on any atom is -0.494 e. The maximum atomic E-state index is 14.6. The molecule has 29 heavy (non-hydrogen) atoms. The van der Waals surface area contributed by atoms with Crippen molar-refractivity contribution in [3.8, 4) is 28.1 Å². The van der Waals surface area contributed by atoms with Crippen molar-refractivity contribution in [3.63, 3.8) is 0 Å². The number of benzene rings is 2. The number of ether oxygens (including phenoxy) is 1. The standard InChI is InChI=1S/C26H30FNO/c1-3-5-6-7-8-20-9-15-24(25(27)18-20)26-16-12-22(19-28-26)21-10-13-23(14-11-21)29-17-4-2/h9-16,18-19H,3-8,17H2,1-2H3. The molecule has 0 saturated heterocycles. The Balaban J connectivity index is 1.68. The van der Waals surface area contributed by atoms with Crippen molar-refractivity contribution in [3.05, 3.63) is 72.2 Å². The van der Waals surface area contributed by atoms with Crippen LogP contribution < -0.4 is 4.74 Å². The van der Waals surface area contributed by atoms with Gasteiger partial charge < -0.3 is 4.74 Å². The average molecular weight is 392 g/mol. The Morgan fingerprint density at radius 1 is 0.828 bits per heavy atom. The zero-order valence-corrected chi connectivity index (χ0v) is 17.5. The molecule has 1 heterocycles. The molecule has 0 aliphatic rings. The first-order chi connectivity index (χ1) is 14.2. The number of hydrogen-bond donors (Lipinski definition) is 0. The van der Waals surface area contributed by atoms with Crippen LogP contribution in [0.2, 0.25) is 0 Å². The lowest BCUT2D eigenvalue weighted by molar-refractivity contribution is 0.317.